The standard InChI is InChI=1S/C8H10BrN3O/c9-6-3-1-2-4-7(6)11-5-8(10)12-13/h1-4,11,13H,5H2,(H2,10,12). The first-order valence-electron chi connectivity index (χ1n) is 3.69. The van der Waals surface area contributed by atoms with Gasteiger partial charge in [-0.1, -0.05) is 17.3 Å². The zero-order chi connectivity index (χ0) is 9.68. The lowest BCUT2D eigenvalue weighted by Gasteiger charge is -2.06. The van der Waals surface area contributed by atoms with Gasteiger partial charge in [-0.15, -0.1) is 0 Å². The molecular weight excluding hydrogens is 234 g/mol. The lowest BCUT2D eigenvalue weighted by molar-refractivity contribution is 0.317. The van der Waals surface area contributed by atoms with Crippen molar-refractivity contribution in [3.63, 3.8) is 0 Å². The van der Waals surface area contributed by atoms with Crippen LogP contribution < -0.4 is 11.1 Å². The number of anilines is 1. The van der Waals surface area contributed by atoms with E-state index < -0.39 is 0 Å². The van der Waals surface area contributed by atoms with E-state index in [1.807, 2.05) is 24.3 Å². The van der Waals surface area contributed by atoms with Gasteiger partial charge in [0.1, 0.15) is 0 Å². The first-order chi connectivity index (χ1) is 6.24. The number of para-hydroxylation sites is 1. The molecule has 0 saturated carbocycles. The minimum atomic E-state index is 0.149. The summed E-state index contributed by atoms with van der Waals surface area (Å²) in [6.07, 6.45) is 0. The summed E-state index contributed by atoms with van der Waals surface area (Å²) in [5.41, 5.74) is 6.20. The van der Waals surface area contributed by atoms with Crippen LogP contribution in [0.1, 0.15) is 0 Å². The van der Waals surface area contributed by atoms with E-state index in [1.54, 1.807) is 0 Å². The van der Waals surface area contributed by atoms with Gasteiger partial charge < -0.3 is 16.3 Å². The summed E-state index contributed by atoms with van der Waals surface area (Å²) in [7, 11) is 0. The molecular formula is C8H10BrN3O. The van der Waals surface area contributed by atoms with Crippen LogP contribution in [0.5, 0.6) is 0 Å². The third-order valence-corrected chi connectivity index (χ3v) is 2.15. The molecule has 0 heterocycles. The number of oxime groups is 1. The Morgan fingerprint density at radius 1 is 1.54 bits per heavy atom. The maximum absolute atomic E-state index is 8.29. The average molecular weight is 244 g/mol. The van der Waals surface area contributed by atoms with Crippen molar-refractivity contribution in [2.75, 3.05) is 11.9 Å². The van der Waals surface area contributed by atoms with E-state index in [2.05, 4.69) is 26.4 Å². The largest absolute Gasteiger partial charge is 0.409 e. The van der Waals surface area contributed by atoms with Gasteiger partial charge in [0, 0.05) is 10.2 Å². The molecule has 5 heteroatoms. The van der Waals surface area contributed by atoms with Gasteiger partial charge in [0.2, 0.25) is 0 Å². The summed E-state index contributed by atoms with van der Waals surface area (Å²) in [6.45, 7) is 0.319. The second-order valence-corrected chi connectivity index (χ2v) is 3.28. The summed E-state index contributed by atoms with van der Waals surface area (Å²) >= 11 is 3.36. The van der Waals surface area contributed by atoms with Crippen LogP contribution in [0.2, 0.25) is 0 Å². The Balaban J connectivity index is 2.60. The second-order valence-electron chi connectivity index (χ2n) is 2.42. The summed E-state index contributed by atoms with van der Waals surface area (Å²) in [5, 5.41) is 14.1. The molecule has 0 aliphatic rings. The van der Waals surface area contributed by atoms with Gasteiger partial charge in [-0.05, 0) is 28.1 Å². The molecule has 1 aromatic carbocycles. The molecule has 4 N–H and O–H groups in total. The smallest absolute Gasteiger partial charge is 0.158 e. The zero-order valence-electron chi connectivity index (χ0n) is 6.87. The Morgan fingerprint density at radius 2 is 2.23 bits per heavy atom. The number of nitrogens with one attached hydrogen (secondary N) is 1. The van der Waals surface area contributed by atoms with Crippen molar-refractivity contribution in [1.82, 2.24) is 0 Å². The zero-order valence-corrected chi connectivity index (χ0v) is 8.45. The van der Waals surface area contributed by atoms with Crippen LogP contribution in [0.4, 0.5) is 5.69 Å². The molecule has 0 radical (unpaired) electrons. The van der Waals surface area contributed by atoms with Gasteiger partial charge in [0.25, 0.3) is 0 Å². The molecule has 0 unspecified atom stereocenters. The fraction of sp³-hybridized carbons (Fsp3) is 0.125. The molecule has 0 atom stereocenters. The molecule has 70 valence electrons. The van der Waals surface area contributed by atoms with E-state index in [0.717, 1.165) is 10.2 Å². The van der Waals surface area contributed by atoms with Gasteiger partial charge in [-0.25, -0.2) is 0 Å². The Labute approximate surface area is 84.6 Å². The molecule has 0 aromatic heterocycles. The summed E-state index contributed by atoms with van der Waals surface area (Å²) < 4.78 is 0.945. The maximum atomic E-state index is 8.29. The highest BCUT2D eigenvalue weighted by molar-refractivity contribution is 9.10. The van der Waals surface area contributed by atoms with Crippen molar-refractivity contribution >= 4 is 27.5 Å². The van der Waals surface area contributed by atoms with E-state index >= 15 is 0 Å². The fourth-order valence-corrected chi connectivity index (χ4v) is 1.25. The minimum absolute atomic E-state index is 0.149. The third-order valence-electron chi connectivity index (χ3n) is 1.46. The molecule has 1 rings (SSSR count). The van der Waals surface area contributed by atoms with Crippen LogP contribution in [0.25, 0.3) is 0 Å². The number of amidine groups is 1. The summed E-state index contributed by atoms with van der Waals surface area (Å²) in [6, 6.07) is 7.63. The molecule has 0 fully saturated rings. The monoisotopic (exact) mass is 243 g/mol. The molecule has 0 bridgehead atoms. The van der Waals surface area contributed by atoms with E-state index in [9.17, 15) is 0 Å². The number of hydrogen-bond acceptors (Lipinski definition) is 3. The van der Waals surface area contributed by atoms with Gasteiger partial charge in [0.05, 0.1) is 6.54 Å². The molecule has 4 nitrogen and oxygen atoms in total. The molecule has 0 aliphatic carbocycles. The summed E-state index contributed by atoms with van der Waals surface area (Å²) in [4.78, 5) is 0. The molecule has 0 spiro atoms. The van der Waals surface area contributed by atoms with Crippen LogP contribution in [0.15, 0.2) is 33.9 Å². The van der Waals surface area contributed by atoms with Crippen molar-refractivity contribution < 1.29 is 5.21 Å². The summed E-state index contributed by atoms with van der Waals surface area (Å²) in [5.74, 6) is 0.149. The van der Waals surface area contributed by atoms with Gasteiger partial charge >= 0.3 is 0 Å². The van der Waals surface area contributed by atoms with E-state index in [1.165, 1.54) is 0 Å². The Kier molecular flexibility index (Phi) is 3.57. The Hall–Kier alpha value is -1.23. The minimum Gasteiger partial charge on any atom is -0.409 e. The topological polar surface area (TPSA) is 70.6 Å². The Bertz CT molecular complexity index is 314. The van der Waals surface area contributed by atoms with Crippen molar-refractivity contribution in [1.29, 1.82) is 0 Å². The van der Waals surface area contributed by atoms with Crippen molar-refractivity contribution in [2.45, 2.75) is 0 Å². The van der Waals surface area contributed by atoms with Crippen LogP contribution in [0, 0.1) is 0 Å². The highest BCUT2D eigenvalue weighted by Gasteiger charge is 1.97. The highest BCUT2D eigenvalue weighted by Crippen LogP contribution is 2.20. The van der Waals surface area contributed by atoms with E-state index in [0.29, 0.717) is 6.54 Å². The lowest BCUT2D eigenvalue weighted by Crippen LogP contribution is -2.22. The SMILES string of the molecule is NC(CNc1ccccc1Br)=NO. The predicted octanol–water partition coefficient (Wildman–Crippen LogP) is 1.61. The van der Waals surface area contributed by atoms with Gasteiger partial charge in [-0.3, -0.25) is 0 Å². The predicted molar refractivity (Wildman–Crippen MR) is 56.0 cm³/mol. The van der Waals surface area contributed by atoms with Crippen molar-refractivity contribution in [2.24, 2.45) is 10.9 Å². The van der Waals surface area contributed by atoms with Crippen molar-refractivity contribution in [3.8, 4) is 0 Å². The van der Waals surface area contributed by atoms with Crippen LogP contribution in [-0.2, 0) is 0 Å². The first-order valence-corrected chi connectivity index (χ1v) is 4.48. The first kappa shape index (κ1) is 9.85. The second kappa shape index (κ2) is 4.71. The number of halogens is 1. The van der Waals surface area contributed by atoms with Crippen LogP contribution >= 0.6 is 15.9 Å². The lowest BCUT2D eigenvalue weighted by atomic mass is 10.3. The maximum Gasteiger partial charge on any atom is 0.158 e. The molecule has 0 aliphatic heterocycles. The van der Waals surface area contributed by atoms with Crippen LogP contribution in [-0.4, -0.2) is 17.6 Å². The van der Waals surface area contributed by atoms with E-state index in [-0.39, 0.29) is 5.84 Å². The average Bonchev–Trinajstić information content (AvgIpc) is 2.16. The number of hydrogen-bond donors (Lipinski definition) is 3. The third kappa shape index (κ3) is 2.95. The molecule has 0 saturated heterocycles. The van der Waals surface area contributed by atoms with Crippen LogP contribution in [0.3, 0.4) is 0 Å². The molecule has 0 amide bonds. The van der Waals surface area contributed by atoms with Gasteiger partial charge in [-0.2, -0.15) is 0 Å². The van der Waals surface area contributed by atoms with Crippen molar-refractivity contribution in [3.05, 3.63) is 28.7 Å². The van der Waals surface area contributed by atoms with Gasteiger partial charge in [0.15, 0.2) is 5.84 Å². The normalized spacial score (nSPS) is 11.3. The highest BCUT2D eigenvalue weighted by atomic mass is 79.9. The van der Waals surface area contributed by atoms with E-state index in [4.69, 9.17) is 10.9 Å². The number of benzene rings is 1. The number of nitrogens with zero attached hydrogens (tertiary/aromatic N) is 1. The quantitative estimate of drug-likeness (QED) is 0.327. The number of nitrogens with two attached hydrogens (primary N) is 1. The molecule has 1 aromatic rings. The number of rotatable bonds is 3. The Morgan fingerprint density at radius 3 is 2.85 bits per heavy atom. The molecule has 13 heavy (non-hydrogen) atoms. The fourth-order valence-electron chi connectivity index (χ4n) is 0.826.